The number of halogens is 3. The molecule has 1 aromatic carbocycles. The summed E-state index contributed by atoms with van der Waals surface area (Å²) in [5.41, 5.74) is -0.922. The first kappa shape index (κ1) is 19.0. The van der Waals surface area contributed by atoms with Gasteiger partial charge in [-0.3, -0.25) is 4.79 Å². The SMILES string of the molecule is CCCCCC[C@@H](NC(=O)c1c(F)cc(F)cc1F)C(=O)OC. The summed E-state index contributed by atoms with van der Waals surface area (Å²) < 4.78 is 44.6. The lowest BCUT2D eigenvalue weighted by molar-refractivity contribution is -0.143. The van der Waals surface area contributed by atoms with E-state index >= 15 is 0 Å². The van der Waals surface area contributed by atoms with Crippen molar-refractivity contribution in [3.63, 3.8) is 0 Å². The highest BCUT2D eigenvalue weighted by molar-refractivity contribution is 5.97. The maximum absolute atomic E-state index is 13.6. The Kier molecular flexibility index (Phi) is 7.57. The Labute approximate surface area is 133 Å². The number of rotatable bonds is 8. The van der Waals surface area contributed by atoms with Crippen LogP contribution in [0.4, 0.5) is 13.2 Å². The molecule has 0 bridgehead atoms. The van der Waals surface area contributed by atoms with Crippen molar-refractivity contribution >= 4 is 11.9 Å². The molecule has 7 heteroatoms. The number of hydrogen-bond acceptors (Lipinski definition) is 3. The summed E-state index contributed by atoms with van der Waals surface area (Å²) in [5.74, 6) is -5.59. The molecule has 0 aliphatic carbocycles. The molecule has 0 fully saturated rings. The van der Waals surface area contributed by atoms with Gasteiger partial charge in [-0.15, -0.1) is 0 Å². The summed E-state index contributed by atoms with van der Waals surface area (Å²) in [5, 5.41) is 2.25. The van der Waals surface area contributed by atoms with E-state index in [0.29, 0.717) is 25.0 Å². The Hall–Kier alpha value is -2.05. The Morgan fingerprint density at radius 1 is 1.13 bits per heavy atom. The van der Waals surface area contributed by atoms with Gasteiger partial charge in [-0.1, -0.05) is 32.6 Å². The molecule has 0 radical (unpaired) electrons. The fourth-order valence-electron chi connectivity index (χ4n) is 2.16. The average Bonchev–Trinajstić information content (AvgIpc) is 2.48. The number of hydrogen-bond donors (Lipinski definition) is 1. The fraction of sp³-hybridized carbons (Fsp3) is 0.500. The summed E-state index contributed by atoms with van der Waals surface area (Å²) in [6.45, 7) is 2.03. The molecular weight excluding hydrogens is 311 g/mol. The standard InChI is InChI=1S/C16H20F3NO3/c1-3-4-5-6-7-13(16(22)23-2)20-15(21)14-11(18)8-10(17)9-12(14)19/h8-9,13H,3-7H2,1-2H3,(H,20,21)/t13-/m1/s1. The van der Waals surface area contributed by atoms with Crippen LogP contribution in [0.1, 0.15) is 49.4 Å². The van der Waals surface area contributed by atoms with Crippen LogP contribution < -0.4 is 5.32 Å². The lowest BCUT2D eigenvalue weighted by Crippen LogP contribution is -2.42. The molecular formula is C16H20F3NO3. The molecule has 1 aromatic rings. The van der Waals surface area contributed by atoms with Crippen molar-refractivity contribution in [2.24, 2.45) is 0 Å². The first-order chi connectivity index (χ1) is 10.9. The Balaban J connectivity index is 2.82. The third-order valence-corrected chi connectivity index (χ3v) is 3.37. The van der Waals surface area contributed by atoms with Crippen LogP contribution >= 0.6 is 0 Å². The first-order valence-electron chi connectivity index (χ1n) is 7.43. The summed E-state index contributed by atoms with van der Waals surface area (Å²) in [6.07, 6.45) is 3.79. The molecule has 0 unspecified atom stereocenters. The van der Waals surface area contributed by atoms with Crippen LogP contribution in [0.15, 0.2) is 12.1 Å². The second-order valence-corrected chi connectivity index (χ2v) is 5.14. The van der Waals surface area contributed by atoms with E-state index in [9.17, 15) is 22.8 Å². The predicted octanol–water partition coefficient (Wildman–Crippen LogP) is 3.35. The number of esters is 1. The highest BCUT2D eigenvalue weighted by Crippen LogP contribution is 2.15. The van der Waals surface area contributed by atoms with Gasteiger partial charge in [-0.05, 0) is 6.42 Å². The largest absolute Gasteiger partial charge is 0.467 e. The van der Waals surface area contributed by atoms with Crippen LogP contribution in [0.5, 0.6) is 0 Å². The van der Waals surface area contributed by atoms with Crippen LogP contribution in [-0.4, -0.2) is 25.0 Å². The molecule has 0 saturated carbocycles. The van der Waals surface area contributed by atoms with Crippen molar-refractivity contribution in [1.82, 2.24) is 5.32 Å². The van der Waals surface area contributed by atoms with Crippen molar-refractivity contribution < 1.29 is 27.5 Å². The molecule has 0 aromatic heterocycles. The van der Waals surface area contributed by atoms with E-state index in [1.807, 2.05) is 6.92 Å². The summed E-state index contributed by atoms with van der Waals surface area (Å²) in [7, 11) is 1.16. The summed E-state index contributed by atoms with van der Waals surface area (Å²) in [6, 6.07) is -0.188. The summed E-state index contributed by atoms with van der Waals surface area (Å²) >= 11 is 0. The van der Waals surface area contributed by atoms with Gasteiger partial charge in [-0.2, -0.15) is 0 Å². The average molecular weight is 331 g/mol. The maximum atomic E-state index is 13.6. The van der Waals surface area contributed by atoms with Crippen LogP contribution in [0.25, 0.3) is 0 Å². The summed E-state index contributed by atoms with van der Waals surface area (Å²) in [4.78, 5) is 23.7. The highest BCUT2D eigenvalue weighted by Gasteiger charge is 2.25. The number of methoxy groups -OCH3 is 1. The number of unbranched alkanes of at least 4 members (excludes halogenated alkanes) is 3. The van der Waals surface area contributed by atoms with Gasteiger partial charge in [0, 0.05) is 12.1 Å². The normalized spacial score (nSPS) is 11.9. The van der Waals surface area contributed by atoms with E-state index in [-0.39, 0.29) is 0 Å². The Morgan fingerprint density at radius 2 is 1.74 bits per heavy atom. The Morgan fingerprint density at radius 3 is 2.26 bits per heavy atom. The fourth-order valence-corrected chi connectivity index (χ4v) is 2.16. The van der Waals surface area contributed by atoms with Gasteiger partial charge in [0.2, 0.25) is 0 Å². The van der Waals surface area contributed by atoms with E-state index < -0.39 is 40.9 Å². The molecule has 23 heavy (non-hydrogen) atoms. The van der Waals surface area contributed by atoms with Crippen LogP contribution in [0.2, 0.25) is 0 Å². The molecule has 0 aliphatic rings. The van der Waals surface area contributed by atoms with Gasteiger partial charge in [0.25, 0.3) is 5.91 Å². The number of ether oxygens (including phenoxy) is 1. The van der Waals surface area contributed by atoms with Gasteiger partial charge in [0.05, 0.1) is 7.11 Å². The van der Waals surface area contributed by atoms with E-state index in [0.717, 1.165) is 26.4 Å². The van der Waals surface area contributed by atoms with Gasteiger partial charge >= 0.3 is 5.97 Å². The molecule has 1 amide bonds. The third kappa shape index (κ3) is 5.58. The molecule has 1 rings (SSSR count). The number of nitrogens with one attached hydrogen (secondary N) is 1. The number of amides is 1. The topological polar surface area (TPSA) is 55.4 Å². The van der Waals surface area contributed by atoms with Gasteiger partial charge in [0.1, 0.15) is 29.1 Å². The second-order valence-electron chi connectivity index (χ2n) is 5.14. The monoisotopic (exact) mass is 331 g/mol. The van der Waals surface area contributed by atoms with Crippen molar-refractivity contribution in [2.75, 3.05) is 7.11 Å². The molecule has 0 aliphatic heterocycles. The zero-order valence-corrected chi connectivity index (χ0v) is 13.1. The quantitative estimate of drug-likeness (QED) is 0.587. The minimum atomic E-state index is -1.32. The lowest BCUT2D eigenvalue weighted by atomic mass is 10.1. The molecule has 1 N–H and O–H groups in total. The van der Waals surface area contributed by atoms with Crippen LogP contribution in [0, 0.1) is 17.5 Å². The van der Waals surface area contributed by atoms with Gasteiger partial charge in [-0.25, -0.2) is 18.0 Å². The smallest absolute Gasteiger partial charge is 0.328 e. The third-order valence-electron chi connectivity index (χ3n) is 3.37. The van der Waals surface area contributed by atoms with Gasteiger partial charge in [0.15, 0.2) is 0 Å². The predicted molar refractivity (Wildman–Crippen MR) is 78.3 cm³/mol. The van der Waals surface area contributed by atoms with Crippen molar-refractivity contribution in [2.45, 2.75) is 45.1 Å². The van der Waals surface area contributed by atoms with Crippen molar-refractivity contribution in [1.29, 1.82) is 0 Å². The second kappa shape index (κ2) is 9.17. The van der Waals surface area contributed by atoms with Crippen LogP contribution in [0.3, 0.4) is 0 Å². The van der Waals surface area contributed by atoms with E-state index in [1.165, 1.54) is 0 Å². The van der Waals surface area contributed by atoms with Gasteiger partial charge < -0.3 is 10.1 Å². The molecule has 128 valence electrons. The molecule has 4 nitrogen and oxygen atoms in total. The Bertz CT molecular complexity index is 540. The van der Waals surface area contributed by atoms with Crippen molar-refractivity contribution in [3.05, 3.63) is 35.1 Å². The van der Waals surface area contributed by atoms with E-state index in [4.69, 9.17) is 0 Å². The number of carbonyl (C=O) groups excluding carboxylic acids is 2. The molecule has 1 atom stereocenters. The highest BCUT2D eigenvalue weighted by atomic mass is 19.1. The molecule has 0 spiro atoms. The number of carbonyl (C=O) groups is 2. The van der Waals surface area contributed by atoms with E-state index in [1.54, 1.807) is 0 Å². The maximum Gasteiger partial charge on any atom is 0.328 e. The minimum Gasteiger partial charge on any atom is -0.467 e. The number of benzene rings is 1. The first-order valence-corrected chi connectivity index (χ1v) is 7.43. The molecule has 0 heterocycles. The minimum absolute atomic E-state index is 0.294. The zero-order chi connectivity index (χ0) is 17.4. The van der Waals surface area contributed by atoms with Crippen molar-refractivity contribution in [3.8, 4) is 0 Å². The lowest BCUT2D eigenvalue weighted by Gasteiger charge is -2.17. The zero-order valence-electron chi connectivity index (χ0n) is 13.1. The molecule has 0 saturated heterocycles. The van der Waals surface area contributed by atoms with Crippen LogP contribution in [-0.2, 0) is 9.53 Å². The van der Waals surface area contributed by atoms with E-state index in [2.05, 4.69) is 10.1 Å².